The minimum atomic E-state index is 0.325. The summed E-state index contributed by atoms with van der Waals surface area (Å²) in [5, 5.41) is 0. The zero-order valence-corrected chi connectivity index (χ0v) is 12.6. The fraction of sp³-hybridized carbons (Fsp3) is 0.706. The summed E-state index contributed by atoms with van der Waals surface area (Å²) in [6.07, 6.45) is 11.1. The van der Waals surface area contributed by atoms with Crippen LogP contribution in [0.2, 0.25) is 0 Å². The molecule has 0 bridgehead atoms. The Morgan fingerprint density at radius 1 is 1.21 bits per heavy atom. The van der Waals surface area contributed by atoms with Gasteiger partial charge in [0.2, 0.25) is 5.91 Å². The smallest absolute Gasteiger partial charge is 0.225 e. The van der Waals surface area contributed by atoms with Crippen LogP contribution in [-0.2, 0) is 4.79 Å². The van der Waals surface area contributed by atoms with E-state index in [1.54, 1.807) is 0 Å². The Kier molecular flexibility index (Phi) is 4.84. The van der Waals surface area contributed by atoms with Crippen LogP contribution in [-0.4, -0.2) is 23.9 Å². The SMILES string of the molecule is C/C=C\C=C(/C)C1CN(C(=O)C2CCCC2)C[C@@H]1C. The Balaban J connectivity index is 1.98. The molecular weight excluding hydrogens is 234 g/mol. The molecule has 2 atom stereocenters. The van der Waals surface area contributed by atoms with Crippen LogP contribution in [0.5, 0.6) is 0 Å². The van der Waals surface area contributed by atoms with E-state index in [0.29, 0.717) is 23.7 Å². The number of hydrogen-bond acceptors (Lipinski definition) is 1. The van der Waals surface area contributed by atoms with Gasteiger partial charge in [0.25, 0.3) is 0 Å². The van der Waals surface area contributed by atoms with Gasteiger partial charge in [-0.3, -0.25) is 4.79 Å². The highest BCUT2D eigenvalue weighted by atomic mass is 16.2. The van der Waals surface area contributed by atoms with Gasteiger partial charge in [0, 0.05) is 24.9 Å². The predicted molar refractivity (Wildman–Crippen MR) is 79.8 cm³/mol. The molecule has 1 heterocycles. The van der Waals surface area contributed by atoms with Crippen LogP contribution in [0, 0.1) is 17.8 Å². The second kappa shape index (κ2) is 6.40. The Morgan fingerprint density at radius 2 is 1.89 bits per heavy atom. The predicted octanol–water partition coefficient (Wildman–Crippen LogP) is 3.79. The van der Waals surface area contributed by atoms with E-state index < -0.39 is 0 Å². The molecule has 0 spiro atoms. The molecule has 0 N–H and O–H groups in total. The van der Waals surface area contributed by atoms with Crippen molar-refractivity contribution in [2.24, 2.45) is 17.8 Å². The van der Waals surface area contributed by atoms with Gasteiger partial charge in [-0.05, 0) is 32.6 Å². The highest BCUT2D eigenvalue weighted by molar-refractivity contribution is 5.79. The number of carbonyl (C=O) groups is 1. The third-order valence-electron chi connectivity index (χ3n) is 4.76. The number of nitrogens with zero attached hydrogens (tertiary/aromatic N) is 1. The minimum Gasteiger partial charge on any atom is -0.342 e. The molecule has 0 aromatic carbocycles. The number of carbonyl (C=O) groups excluding carboxylic acids is 1. The number of likely N-dealkylation sites (tertiary alicyclic amines) is 1. The fourth-order valence-electron chi connectivity index (χ4n) is 3.54. The second-order valence-electron chi connectivity index (χ2n) is 6.24. The van der Waals surface area contributed by atoms with Crippen LogP contribution in [0.15, 0.2) is 23.8 Å². The van der Waals surface area contributed by atoms with E-state index >= 15 is 0 Å². The monoisotopic (exact) mass is 261 g/mol. The van der Waals surface area contributed by atoms with Gasteiger partial charge in [0.1, 0.15) is 0 Å². The van der Waals surface area contributed by atoms with Crippen LogP contribution in [0.1, 0.15) is 46.5 Å². The number of allylic oxidation sites excluding steroid dienone is 3. The summed E-state index contributed by atoms with van der Waals surface area (Å²) in [5.41, 5.74) is 1.41. The minimum absolute atomic E-state index is 0.325. The maximum Gasteiger partial charge on any atom is 0.225 e. The van der Waals surface area contributed by atoms with Crippen LogP contribution in [0.3, 0.4) is 0 Å². The van der Waals surface area contributed by atoms with Crippen molar-refractivity contribution in [2.45, 2.75) is 46.5 Å². The summed E-state index contributed by atoms with van der Waals surface area (Å²) in [6.45, 7) is 8.39. The lowest BCUT2D eigenvalue weighted by Gasteiger charge is -2.20. The van der Waals surface area contributed by atoms with E-state index in [9.17, 15) is 4.79 Å². The molecule has 1 aliphatic carbocycles. The topological polar surface area (TPSA) is 20.3 Å². The van der Waals surface area contributed by atoms with E-state index in [1.165, 1.54) is 18.4 Å². The molecule has 106 valence electrons. The Labute approximate surface area is 117 Å². The van der Waals surface area contributed by atoms with Crippen LogP contribution in [0.25, 0.3) is 0 Å². The first kappa shape index (κ1) is 14.4. The summed E-state index contributed by atoms with van der Waals surface area (Å²) < 4.78 is 0. The molecule has 1 aliphatic heterocycles. The van der Waals surface area contributed by atoms with Gasteiger partial charge in [0.15, 0.2) is 0 Å². The van der Waals surface area contributed by atoms with Crippen molar-refractivity contribution in [3.05, 3.63) is 23.8 Å². The summed E-state index contributed by atoms with van der Waals surface area (Å²) in [5.74, 6) is 1.88. The second-order valence-corrected chi connectivity index (χ2v) is 6.24. The normalized spacial score (nSPS) is 29.6. The van der Waals surface area contributed by atoms with Crippen molar-refractivity contribution < 1.29 is 4.79 Å². The lowest BCUT2D eigenvalue weighted by atomic mass is 9.91. The third-order valence-corrected chi connectivity index (χ3v) is 4.76. The maximum atomic E-state index is 12.5. The van der Waals surface area contributed by atoms with Crippen LogP contribution >= 0.6 is 0 Å². The first-order valence-corrected chi connectivity index (χ1v) is 7.71. The standard InChI is InChI=1S/C17H27NO/c1-4-5-8-13(2)16-12-18(11-14(16)3)17(19)15-9-6-7-10-15/h4-5,8,14-16H,6-7,9-12H2,1-3H3/b5-4-,13-8+/t14-,16?/m0/s1. The van der Waals surface area contributed by atoms with E-state index in [1.807, 2.05) is 6.92 Å². The highest BCUT2D eigenvalue weighted by Crippen LogP contribution is 2.33. The van der Waals surface area contributed by atoms with E-state index in [2.05, 4.69) is 37.0 Å². The average Bonchev–Trinajstić information content (AvgIpc) is 3.04. The fourth-order valence-corrected chi connectivity index (χ4v) is 3.54. The van der Waals surface area contributed by atoms with E-state index in [4.69, 9.17) is 0 Å². The lowest BCUT2D eigenvalue weighted by molar-refractivity contribution is -0.134. The summed E-state index contributed by atoms with van der Waals surface area (Å²) in [6, 6.07) is 0. The summed E-state index contributed by atoms with van der Waals surface area (Å²) in [7, 11) is 0. The first-order valence-electron chi connectivity index (χ1n) is 7.71. The molecule has 2 heteroatoms. The molecular formula is C17H27NO. The largest absolute Gasteiger partial charge is 0.342 e. The molecule has 1 amide bonds. The Hall–Kier alpha value is -1.05. The van der Waals surface area contributed by atoms with Crippen molar-refractivity contribution in [2.75, 3.05) is 13.1 Å². The van der Waals surface area contributed by atoms with E-state index in [0.717, 1.165) is 25.9 Å². The van der Waals surface area contributed by atoms with Gasteiger partial charge < -0.3 is 4.90 Å². The Bertz CT molecular complexity index is 377. The number of rotatable bonds is 3. The van der Waals surface area contributed by atoms with Gasteiger partial charge in [-0.25, -0.2) is 0 Å². The van der Waals surface area contributed by atoms with Gasteiger partial charge in [0.05, 0.1) is 0 Å². The van der Waals surface area contributed by atoms with Crippen LogP contribution < -0.4 is 0 Å². The van der Waals surface area contributed by atoms with Crippen molar-refractivity contribution >= 4 is 5.91 Å². The molecule has 2 fully saturated rings. The summed E-state index contributed by atoms with van der Waals surface area (Å²) >= 11 is 0. The molecule has 0 aromatic heterocycles. The Morgan fingerprint density at radius 3 is 2.53 bits per heavy atom. The molecule has 1 unspecified atom stereocenters. The molecule has 0 aromatic rings. The van der Waals surface area contributed by atoms with Crippen LogP contribution in [0.4, 0.5) is 0 Å². The molecule has 2 rings (SSSR count). The van der Waals surface area contributed by atoms with Gasteiger partial charge in [-0.1, -0.05) is 43.6 Å². The molecule has 1 saturated heterocycles. The lowest BCUT2D eigenvalue weighted by Crippen LogP contribution is -2.33. The highest BCUT2D eigenvalue weighted by Gasteiger charge is 2.36. The zero-order chi connectivity index (χ0) is 13.8. The van der Waals surface area contributed by atoms with Crippen molar-refractivity contribution in [3.8, 4) is 0 Å². The van der Waals surface area contributed by atoms with Gasteiger partial charge >= 0.3 is 0 Å². The molecule has 1 saturated carbocycles. The first-order chi connectivity index (χ1) is 9.13. The van der Waals surface area contributed by atoms with Crippen molar-refractivity contribution in [1.82, 2.24) is 4.90 Å². The van der Waals surface area contributed by atoms with E-state index in [-0.39, 0.29) is 0 Å². The zero-order valence-electron chi connectivity index (χ0n) is 12.6. The van der Waals surface area contributed by atoms with Gasteiger partial charge in [-0.2, -0.15) is 0 Å². The molecule has 2 nitrogen and oxygen atoms in total. The van der Waals surface area contributed by atoms with Crippen molar-refractivity contribution in [3.63, 3.8) is 0 Å². The van der Waals surface area contributed by atoms with Crippen molar-refractivity contribution in [1.29, 1.82) is 0 Å². The van der Waals surface area contributed by atoms with Gasteiger partial charge in [-0.15, -0.1) is 0 Å². The number of amides is 1. The molecule has 0 radical (unpaired) electrons. The summed E-state index contributed by atoms with van der Waals surface area (Å²) in [4.78, 5) is 14.6. The third kappa shape index (κ3) is 3.29. The maximum absolute atomic E-state index is 12.5. The number of hydrogen-bond donors (Lipinski definition) is 0. The average molecular weight is 261 g/mol. The molecule has 2 aliphatic rings. The quantitative estimate of drug-likeness (QED) is 0.708. The molecule has 19 heavy (non-hydrogen) atoms.